The maximum Gasteiger partial charge on any atom is 0.136 e. The number of hydrogen-bond donors (Lipinski definition) is 0. The summed E-state index contributed by atoms with van der Waals surface area (Å²) in [7, 11) is 0. The predicted molar refractivity (Wildman–Crippen MR) is 299 cm³/mol. The first-order valence-corrected chi connectivity index (χ1v) is 24.3. The van der Waals surface area contributed by atoms with Gasteiger partial charge in [-0.1, -0.05) is 188 Å². The van der Waals surface area contributed by atoms with E-state index in [1.165, 1.54) is 71.2 Å². The molecule has 0 aliphatic rings. The van der Waals surface area contributed by atoms with E-state index >= 15 is 0 Å². The van der Waals surface area contributed by atoms with Crippen LogP contribution in [0.5, 0.6) is 0 Å². The topological polar surface area (TPSA) is 21.3 Å². The molecule has 0 N–H and O–H groups in total. The van der Waals surface area contributed by atoms with E-state index in [1.54, 1.807) is 0 Å². The number of benzene rings is 12. The summed E-state index contributed by atoms with van der Waals surface area (Å²) in [6, 6.07) is 96.7. The molecule has 14 aromatic rings. The first kappa shape index (κ1) is 40.6. The minimum atomic E-state index is 0.887. The minimum Gasteiger partial charge on any atom is -0.456 e. The fourth-order valence-corrected chi connectivity index (χ4v) is 11.0. The molecular weight excluding hydrogens is 861 g/mol. The maximum absolute atomic E-state index is 6.35. The second-order valence-electron chi connectivity index (χ2n) is 18.4. The molecule has 0 aliphatic heterocycles. The second-order valence-corrected chi connectivity index (χ2v) is 18.4. The van der Waals surface area contributed by atoms with Crippen molar-refractivity contribution >= 4 is 82.4 Å². The zero-order chi connectivity index (χ0) is 46.8. The van der Waals surface area contributed by atoms with E-state index in [2.05, 4.69) is 264 Å². The second kappa shape index (κ2) is 16.7. The molecular formula is C68H44N2O. The average molecular weight is 905 g/mol. The lowest BCUT2D eigenvalue weighted by atomic mass is 9.93. The normalized spacial score (nSPS) is 11.7. The molecule has 0 atom stereocenters. The van der Waals surface area contributed by atoms with Gasteiger partial charge in [-0.25, -0.2) is 0 Å². The lowest BCUT2D eigenvalue weighted by molar-refractivity contribution is 0.669. The number of nitrogens with zero attached hydrogens (tertiary/aromatic N) is 2. The summed E-state index contributed by atoms with van der Waals surface area (Å²) in [6.07, 6.45) is 0. The summed E-state index contributed by atoms with van der Waals surface area (Å²) in [5.74, 6) is 0. The van der Waals surface area contributed by atoms with E-state index in [1.807, 2.05) is 12.1 Å². The Balaban J connectivity index is 0.832. The summed E-state index contributed by atoms with van der Waals surface area (Å²) in [5, 5.41) is 9.78. The van der Waals surface area contributed by atoms with Crippen LogP contribution in [0.3, 0.4) is 0 Å². The first-order chi connectivity index (χ1) is 35.2. The van der Waals surface area contributed by atoms with Crippen molar-refractivity contribution in [2.45, 2.75) is 0 Å². The Morgan fingerprint density at radius 1 is 0.282 bits per heavy atom. The van der Waals surface area contributed by atoms with Crippen molar-refractivity contribution in [3.63, 3.8) is 0 Å². The van der Waals surface area contributed by atoms with Gasteiger partial charge >= 0.3 is 0 Å². The summed E-state index contributed by atoms with van der Waals surface area (Å²) in [4.78, 5) is 2.39. The fraction of sp³-hybridized carbons (Fsp3) is 0. The molecule has 12 aromatic carbocycles. The molecule has 332 valence electrons. The highest BCUT2D eigenvalue weighted by atomic mass is 16.3. The van der Waals surface area contributed by atoms with Gasteiger partial charge in [0.2, 0.25) is 0 Å². The van der Waals surface area contributed by atoms with Gasteiger partial charge < -0.3 is 13.9 Å². The highest BCUT2D eigenvalue weighted by Crippen LogP contribution is 2.43. The average Bonchev–Trinajstić information content (AvgIpc) is 4.00. The van der Waals surface area contributed by atoms with Gasteiger partial charge in [-0.3, -0.25) is 0 Å². The summed E-state index contributed by atoms with van der Waals surface area (Å²) in [6.45, 7) is 0. The first-order valence-electron chi connectivity index (χ1n) is 24.3. The van der Waals surface area contributed by atoms with Crippen LogP contribution in [0.4, 0.5) is 17.1 Å². The van der Waals surface area contributed by atoms with Crippen LogP contribution < -0.4 is 4.90 Å². The number of para-hydroxylation sites is 3. The summed E-state index contributed by atoms with van der Waals surface area (Å²) in [5.41, 5.74) is 17.9. The molecule has 0 amide bonds. The molecule has 0 saturated carbocycles. The van der Waals surface area contributed by atoms with E-state index in [9.17, 15) is 0 Å². The van der Waals surface area contributed by atoms with E-state index in [0.717, 1.165) is 61.4 Å². The van der Waals surface area contributed by atoms with Crippen molar-refractivity contribution < 1.29 is 4.42 Å². The minimum absolute atomic E-state index is 0.887. The van der Waals surface area contributed by atoms with Gasteiger partial charge in [0.05, 0.1) is 11.0 Å². The summed E-state index contributed by atoms with van der Waals surface area (Å²) >= 11 is 0. The number of furan rings is 1. The van der Waals surface area contributed by atoms with E-state index in [-0.39, 0.29) is 0 Å². The fourth-order valence-electron chi connectivity index (χ4n) is 11.0. The number of rotatable bonds is 8. The van der Waals surface area contributed by atoms with Crippen molar-refractivity contribution in [1.82, 2.24) is 4.57 Å². The molecule has 0 radical (unpaired) electrons. The molecule has 0 unspecified atom stereocenters. The smallest absolute Gasteiger partial charge is 0.136 e. The van der Waals surface area contributed by atoms with Crippen LogP contribution in [0.1, 0.15) is 0 Å². The Labute approximate surface area is 411 Å². The number of anilines is 3. The standard InChI is InChI=1S/C68H44N2O/c1-2-19-56-51(14-1)44-63(59-21-4-3-20-58(56)59)50-16-12-18-55(43-50)69(54-17-11-15-49(42-54)57-25-13-29-67-68(57)62-24-7-10-28-66(62)71-67)52-38-34-47(35-39-52)45-30-32-46(33-31-45)48-36-40-53(41-37-48)70-64-26-8-5-22-60(64)61-23-6-9-27-65(61)70/h1-44H. The van der Waals surface area contributed by atoms with Crippen molar-refractivity contribution in [2.24, 2.45) is 0 Å². The van der Waals surface area contributed by atoms with Gasteiger partial charge in [0, 0.05) is 44.3 Å². The Hall–Kier alpha value is -9.44. The Morgan fingerprint density at radius 2 is 0.761 bits per heavy atom. The maximum atomic E-state index is 6.35. The predicted octanol–water partition coefficient (Wildman–Crippen LogP) is 19.1. The lowest BCUT2D eigenvalue weighted by Crippen LogP contribution is -2.10. The van der Waals surface area contributed by atoms with Gasteiger partial charge in [-0.15, -0.1) is 0 Å². The monoisotopic (exact) mass is 904 g/mol. The van der Waals surface area contributed by atoms with Gasteiger partial charge in [0.25, 0.3) is 0 Å². The van der Waals surface area contributed by atoms with Gasteiger partial charge in [0.15, 0.2) is 0 Å². The third kappa shape index (κ3) is 6.89. The van der Waals surface area contributed by atoms with E-state index in [4.69, 9.17) is 4.42 Å². The zero-order valence-corrected chi connectivity index (χ0v) is 38.7. The van der Waals surface area contributed by atoms with Crippen LogP contribution in [0.25, 0.3) is 115 Å². The third-order valence-corrected chi connectivity index (χ3v) is 14.4. The van der Waals surface area contributed by atoms with Crippen LogP contribution >= 0.6 is 0 Å². The van der Waals surface area contributed by atoms with Crippen molar-refractivity contribution in [3.8, 4) is 50.2 Å². The molecule has 3 heteroatoms. The Bertz CT molecular complexity index is 4280. The van der Waals surface area contributed by atoms with Crippen LogP contribution in [-0.2, 0) is 0 Å². The molecule has 0 saturated heterocycles. The van der Waals surface area contributed by atoms with Crippen LogP contribution in [0.2, 0.25) is 0 Å². The van der Waals surface area contributed by atoms with Gasteiger partial charge in [-0.2, -0.15) is 0 Å². The zero-order valence-electron chi connectivity index (χ0n) is 38.7. The van der Waals surface area contributed by atoms with Crippen LogP contribution in [0, 0.1) is 0 Å². The van der Waals surface area contributed by atoms with Gasteiger partial charge in [-0.05, 0) is 145 Å². The Morgan fingerprint density at radius 3 is 1.41 bits per heavy atom. The van der Waals surface area contributed by atoms with Gasteiger partial charge in [0.1, 0.15) is 11.2 Å². The number of hydrogen-bond acceptors (Lipinski definition) is 2. The number of fused-ring (bicyclic) bond motifs is 9. The SMILES string of the molecule is c1cc(-c2cc3ccccc3c3ccccc23)cc(N(c2ccc(-c3ccc(-c4ccc(-n5c6ccccc6c6ccccc65)cc4)cc3)cc2)c2cccc(-c3cccc4oc5ccccc5c34)c2)c1. The van der Waals surface area contributed by atoms with Crippen molar-refractivity contribution in [1.29, 1.82) is 0 Å². The Kier molecular flexibility index (Phi) is 9.53. The van der Waals surface area contributed by atoms with Crippen LogP contribution in [0.15, 0.2) is 271 Å². The lowest BCUT2D eigenvalue weighted by Gasteiger charge is -2.27. The molecule has 71 heavy (non-hydrogen) atoms. The number of aromatic nitrogens is 1. The molecule has 2 heterocycles. The summed E-state index contributed by atoms with van der Waals surface area (Å²) < 4.78 is 8.72. The molecule has 14 rings (SSSR count). The van der Waals surface area contributed by atoms with E-state index in [0.29, 0.717) is 0 Å². The third-order valence-electron chi connectivity index (χ3n) is 14.4. The molecule has 3 nitrogen and oxygen atoms in total. The van der Waals surface area contributed by atoms with Crippen LogP contribution in [-0.4, -0.2) is 4.57 Å². The molecule has 0 aliphatic carbocycles. The van der Waals surface area contributed by atoms with Crippen molar-refractivity contribution in [3.05, 3.63) is 267 Å². The molecule has 0 fully saturated rings. The van der Waals surface area contributed by atoms with E-state index < -0.39 is 0 Å². The molecule has 2 aromatic heterocycles. The van der Waals surface area contributed by atoms with Crippen molar-refractivity contribution in [2.75, 3.05) is 4.90 Å². The highest BCUT2D eigenvalue weighted by Gasteiger charge is 2.19. The largest absolute Gasteiger partial charge is 0.456 e. The quantitative estimate of drug-likeness (QED) is 0.142. The molecule has 0 spiro atoms. The highest BCUT2D eigenvalue weighted by molar-refractivity contribution is 6.15. The molecule has 0 bridgehead atoms.